The maximum Gasteiger partial charge on any atom is 0.248 e. The quantitative estimate of drug-likeness (QED) is 0.362. The fourth-order valence-electron chi connectivity index (χ4n) is 3.65. The number of hydrogen-bond donors (Lipinski definition) is 2. The van der Waals surface area contributed by atoms with Crippen molar-refractivity contribution in [2.45, 2.75) is 6.54 Å². The third kappa shape index (κ3) is 3.70. The molecule has 0 aliphatic heterocycles. The van der Waals surface area contributed by atoms with Crippen LogP contribution in [0.5, 0.6) is 11.5 Å². The molecule has 0 bridgehead atoms. The van der Waals surface area contributed by atoms with Gasteiger partial charge in [0, 0.05) is 39.3 Å². The summed E-state index contributed by atoms with van der Waals surface area (Å²) in [5, 5.41) is 1.39. The highest BCUT2D eigenvalue weighted by molar-refractivity contribution is 6.31. The Bertz CT molecular complexity index is 1500. The molecule has 2 heterocycles. The summed E-state index contributed by atoms with van der Waals surface area (Å²) in [6.45, 7) is 0.156. The number of ether oxygens (including phenoxy) is 1. The number of nitrogens with two attached hydrogens (primary N) is 1. The molecule has 3 N–H and O–H groups in total. The van der Waals surface area contributed by atoms with Crippen LogP contribution in [-0.2, 0) is 6.54 Å². The Hall–Kier alpha value is -4.10. The van der Waals surface area contributed by atoms with Crippen LogP contribution in [0.15, 0.2) is 73.2 Å². The standard InChI is InChI=1S/C24H17ClN4O3/c25-15-4-7-22-21(9-15)28-13-29(22)12-23(30)19-11-27-20-10-17(5-6-18(19)20)32-16-3-1-2-14(8-16)24(26)31/h1-11,13,27H,12H2,(H2,26,31). The lowest BCUT2D eigenvalue weighted by Gasteiger charge is -2.07. The highest BCUT2D eigenvalue weighted by Crippen LogP contribution is 2.28. The number of nitrogens with zero attached hydrogens (tertiary/aromatic N) is 2. The third-order valence-corrected chi connectivity index (χ3v) is 5.44. The number of carbonyl (C=O) groups is 2. The van der Waals surface area contributed by atoms with Gasteiger partial charge in [0.2, 0.25) is 5.91 Å². The number of aromatic amines is 1. The number of H-pyrrole nitrogens is 1. The molecule has 0 aliphatic rings. The normalized spacial score (nSPS) is 11.2. The first kappa shape index (κ1) is 19.8. The summed E-state index contributed by atoms with van der Waals surface area (Å²) in [6.07, 6.45) is 3.33. The van der Waals surface area contributed by atoms with E-state index in [9.17, 15) is 9.59 Å². The molecule has 0 saturated carbocycles. The molecule has 0 spiro atoms. The van der Waals surface area contributed by atoms with E-state index in [1.807, 2.05) is 12.1 Å². The Kier molecular flexibility index (Phi) is 4.88. The van der Waals surface area contributed by atoms with Crippen LogP contribution in [0.1, 0.15) is 20.7 Å². The van der Waals surface area contributed by atoms with Gasteiger partial charge in [-0.1, -0.05) is 17.7 Å². The number of amides is 1. The Morgan fingerprint density at radius 1 is 1.06 bits per heavy atom. The summed E-state index contributed by atoms with van der Waals surface area (Å²) in [5.41, 5.74) is 8.62. The van der Waals surface area contributed by atoms with Crippen molar-refractivity contribution in [3.63, 3.8) is 0 Å². The number of Topliss-reactive ketones (excluding diaryl/α,β-unsaturated/α-hetero) is 1. The maximum absolute atomic E-state index is 13.0. The smallest absolute Gasteiger partial charge is 0.248 e. The topological polar surface area (TPSA) is 103 Å². The van der Waals surface area contributed by atoms with Gasteiger partial charge in [0.05, 0.1) is 23.9 Å². The van der Waals surface area contributed by atoms with Gasteiger partial charge in [-0.2, -0.15) is 0 Å². The number of halogens is 1. The van der Waals surface area contributed by atoms with Crippen molar-refractivity contribution in [1.82, 2.24) is 14.5 Å². The minimum Gasteiger partial charge on any atom is -0.457 e. The van der Waals surface area contributed by atoms with E-state index in [0.717, 1.165) is 21.9 Å². The van der Waals surface area contributed by atoms with Crippen LogP contribution in [-0.4, -0.2) is 26.2 Å². The van der Waals surface area contributed by atoms with Crippen LogP contribution < -0.4 is 10.5 Å². The third-order valence-electron chi connectivity index (χ3n) is 5.20. The van der Waals surface area contributed by atoms with Crippen molar-refractivity contribution in [2.24, 2.45) is 5.73 Å². The number of aromatic nitrogens is 3. The van der Waals surface area contributed by atoms with Gasteiger partial charge in [-0.25, -0.2) is 4.98 Å². The Labute approximate surface area is 187 Å². The molecule has 0 atom stereocenters. The largest absolute Gasteiger partial charge is 0.457 e. The number of ketones is 1. The van der Waals surface area contributed by atoms with Crippen LogP contribution in [0.3, 0.4) is 0 Å². The molecular formula is C24H17ClN4O3. The fraction of sp³-hybridized carbons (Fsp3) is 0.0417. The highest BCUT2D eigenvalue weighted by Gasteiger charge is 2.15. The van der Waals surface area contributed by atoms with Crippen molar-refractivity contribution in [1.29, 1.82) is 0 Å². The van der Waals surface area contributed by atoms with Gasteiger partial charge in [0.15, 0.2) is 5.78 Å². The van der Waals surface area contributed by atoms with Gasteiger partial charge >= 0.3 is 0 Å². The van der Waals surface area contributed by atoms with Gasteiger partial charge < -0.3 is 20.0 Å². The maximum atomic E-state index is 13.0. The molecule has 7 nitrogen and oxygen atoms in total. The van der Waals surface area contributed by atoms with Crippen molar-refractivity contribution in [3.05, 3.63) is 89.3 Å². The lowest BCUT2D eigenvalue weighted by Crippen LogP contribution is -2.10. The Morgan fingerprint density at radius 2 is 1.91 bits per heavy atom. The lowest BCUT2D eigenvalue weighted by atomic mass is 10.1. The Balaban J connectivity index is 1.39. The van der Waals surface area contributed by atoms with Gasteiger partial charge in [-0.05, 0) is 48.5 Å². The molecule has 3 aromatic carbocycles. The number of fused-ring (bicyclic) bond motifs is 2. The van der Waals surface area contributed by atoms with E-state index < -0.39 is 5.91 Å². The molecule has 0 saturated heterocycles. The van der Waals surface area contributed by atoms with Crippen LogP contribution in [0.4, 0.5) is 0 Å². The second-order valence-corrected chi connectivity index (χ2v) is 7.77. The SMILES string of the molecule is NC(=O)c1cccc(Oc2ccc3c(C(=O)Cn4cnc5cc(Cl)ccc54)c[nH]c3c2)c1. The zero-order chi connectivity index (χ0) is 22.2. The number of imidazole rings is 1. The average Bonchev–Trinajstić information content (AvgIpc) is 3.37. The second kappa shape index (κ2) is 7.86. The number of primary amides is 1. The molecule has 0 aliphatic carbocycles. The average molecular weight is 445 g/mol. The van der Waals surface area contributed by atoms with Crippen molar-refractivity contribution < 1.29 is 14.3 Å². The van der Waals surface area contributed by atoms with E-state index in [1.165, 1.54) is 0 Å². The van der Waals surface area contributed by atoms with E-state index in [4.69, 9.17) is 22.1 Å². The van der Waals surface area contributed by atoms with E-state index in [0.29, 0.717) is 27.6 Å². The van der Waals surface area contributed by atoms with E-state index in [-0.39, 0.29) is 12.3 Å². The van der Waals surface area contributed by atoms with Crippen LogP contribution in [0, 0.1) is 0 Å². The van der Waals surface area contributed by atoms with Crippen LogP contribution in [0.2, 0.25) is 5.02 Å². The molecule has 8 heteroatoms. The number of benzene rings is 3. The van der Waals surface area contributed by atoms with E-state index in [1.54, 1.807) is 65.6 Å². The molecule has 1 amide bonds. The number of carbonyl (C=O) groups excluding carboxylic acids is 2. The van der Waals surface area contributed by atoms with E-state index >= 15 is 0 Å². The number of rotatable bonds is 6. The Morgan fingerprint density at radius 3 is 2.75 bits per heavy atom. The second-order valence-electron chi connectivity index (χ2n) is 7.33. The molecule has 0 unspecified atom stereocenters. The first-order chi connectivity index (χ1) is 15.5. The van der Waals surface area contributed by atoms with Crippen molar-refractivity contribution in [2.75, 3.05) is 0 Å². The molecule has 2 aromatic heterocycles. The fourth-order valence-corrected chi connectivity index (χ4v) is 3.82. The molecule has 5 aromatic rings. The van der Waals surface area contributed by atoms with Gasteiger partial charge in [0.25, 0.3) is 0 Å². The summed E-state index contributed by atoms with van der Waals surface area (Å²) in [6, 6.07) is 17.5. The predicted molar refractivity (Wildman–Crippen MR) is 122 cm³/mol. The summed E-state index contributed by atoms with van der Waals surface area (Å²) < 4.78 is 7.66. The predicted octanol–water partition coefficient (Wildman–Crippen LogP) is 4.95. The van der Waals surface area contributed by atoms with Crippen molar-refractivity contribution >= 4 is 45.2 Å². The molecular weight excluding hydrogens is 428 g/mol. The molecule has 5 rings (SSSR count). The molecule has 158 valence electrons. The molecule has 0 fully saturated rings. The number of nitrogens with one attached hydrogen (secondary N) is 1. The number of hydrogen-bond acceptors (Lipinski definition) is 4. The summed E-state index contributed by atoms with van der Waals surface area (Å²) in [5.74, 6) is 0.494. The van der Waals surface area contributed by atoms with Crippen LogP contribution >= 0.6 is 11.6 Å². The monoisotopic (exact) mass is 444 g/mol. The summed E-state index contributed by atoms with van der Waals surface area (Å²) in [4.78, 5) is 31.8. The van der Waals surface area contributed by atoms with Gasteiger partial charge in [-0.15, -0.1) is 0 Å². The summed E-state index contributed by atoms with van der Waals surface area (Å²) >= 11 is 6.01. The van der Waals surface area contributed by atoms with Crippen LogP contribution in [0.25, 0.3) is 21.9 Å². The first-order valence-corrected chi connectivity index (χ1v) is 10.2. The highest BCUT2D eigenvalue weighted by atomic mass is 35.5. The zero-order valence-corrected chi connectivity index (χ0v) is 17.5. The zero-order valence-electron chi connectivity index (χ0n) is 16.7. The van der Waals surface area contributed by atoms with Gasteiger partial charge in [0.1, 0.15) is 11.5 Å². The van der Waals surface area contributed by atoms with Crippen molar-refractivity contribution in [3.8, 4) is 11.5 Å². The summed E-state index contributed by atoms with van der Waals surface area (Å²) in [7, 11) is 0. The lowest BCUT2D eigenvalue weighted by molar-refractivity contribution is 0.0972. The molecule has 32 heavy (non-hydrogen) atoms. The minimum atomic E-state index is -0.521. The first-order valence-electron chi connectivity index (χ1n) is 9.80. The molecule has 0 radical (unpaired) electrons. The minimum absolute atomic E-state index is 0.0478. The van der Waals surface area contributed by atoms with E-state index in [2.05, 4.69) is 9.97 Å². The van der Waals surface area contributed by atoms with Gasteiger partial charge in [-0.3, -0.25) is 9.59 Å².